The molecule has 0 bridgehead atoms. The van der Waals surface area contributed by atoms with E-state index in [-0.39, 0.29) is 0 Å². The maximum absolute atomic E-state index is 7.47. The van der Waals surface area contributed by atoms with Crippen molar-refractivity contribution in [2.24, 2.45) is 0 Å². The lowest BCUT2D eigenvalue weighted by Crippen LogP contribution is -2.74. The number of hydrogen-bond acceptors (Lipinski definition) is 0. The molecule has 0 atom stereocenters. The Kier molecular flexibility index (Phi) is 33.9. The summed E-state index contributed by atoms with van der Waals surface area (Å²) in [7, 11) is 162. The molecule has 640 valence electrons. The Morgan fingerprint density at radius 2 is 0.424 bits per heavy atom. The second kappa shape index (κ2) is 42.5. The van der Waals surface area contributed by atoms with E-state index in [0.29, 0.717) is 49.0 Å². The van der Waals surface area contributed by atoms with Gasteiger partial charge < -0.3 is 0 Å². The van der Waals surface area contributed by atoms with E-state index >= 15 is 0 Å². The van der Waals surface area contributed by atoms with Crippen molar-refractivity contribution in [1.29, 1.82) is 0 Å². The fraction of sp³-hybridized carbons (Fsp3) is 0.340. The van der Waals surface area contributed by atoms with Crippen molar-refractivity contribution in [3.05, 3.63) is 195 Å². The maximum Gasteiger partial charge on any atom is 0.113 e. The van der Waals surface area contributed by atoms with Gasteiger partial charge in [0.05, 0.1) is 52.6 Å². The van der Waals surface area contributed by atoms with Gasteiger partial charge in [-0.2, -0.15) is 0 Å². The van der Waals surface area contributed by atoms with Crippen LogP contribution in [0.15, 0.2) is 0 Å². The average Bonchev–Trinajstić information content (AvgIpc) is 0.686. The monoisotopic (exact) mass is 1790 g/mol. The van der Waals surface area contributed by atoms with E-state index < -0.39 is 90.2 Å². The second-order valence-electron chi connectivity index (χ2n) is 43.1. The Balaban J connectivity index is 0.000000242. The molecule has 0 spiro atoms. The summed E-state index contributed by atoms with van der Waals surface area (Å²) in [6, 6.07) is 0. The lowest BCUT2D eigenvalue weighted by molar-refractivity contribution is 1.22. The van der Waals surface area contributed by atoms with Crippen LogP contribution in [0.4, 0.5) is 0 Å². The van der Waals surface area contributed by atoms with E-state index in [9.17, 15) is 0 Å². The third-order valence-corrected chi connectivity index (χ3v) is 36.4. The third-order valence-electron chi connectivity index (χ3n) is 36.4. The molecule has 0 aliphatic rings. The smallest absolute Gasteiger partial charge is 0.112 e. The van der Waals surface area contributed by atoms with Crippen LogP contribution >= 0.6 is 0 Å². The summed E-state index contributed by atoms with van der Waals surface area (Å²) >= 11 is 0. The molecule has 0 N–H and O–H groups in total. The SMILES string of the molecule is [B][B]B(B([B])[B])c1c(B(B([B])[B])B([B])[B])c(C)c2c(C)c(C)c(-c3c(C)c(C)c(C)c4c(C)c5c(-c6c(C)c(C)c(C)c7c(C)c(C)c(C)c(C)c67)c(C)c(C)c(C)c5c(C)c34)c(B([B])[B][B])c2c1B([B])B([B])[B].[B][B]B([B])B(B([B])[B])c1c(C)c(C)c(B([B])B([B])[B])c2c(-c3c(C)c(C)c(C)c4c(C)c5c(-c6c(C)c(C)c(C)c7c(C)c(C)c(C)c(C)c67)c(C)c(C)c(C)c5c(C)c34)c(B([B])[B])c([B][B])c([B])c12. The summed E-state index contributed by atoms with van der Waals surface area (Å²) < 4.78 is 0. The highest BCUT2D eigenvalue weighted by Crippen LogP contribution is 2.56. The Hall–Kier alpha value is -6.18. The molecule has 41 heteroatoms. The Morgan fingerprint density at radius 1 is 0.167 bits per heavy atom. The Bertz CT molecular complexity index is 7820. The zero-order chi connectivity index (χ0) is 108. The van der Waals surface area contributed by atoms with Crippen LogP contribution in [-0.4, -0.2) is 297 Å². The van der Waals surface area contributed by atoms with Crippen LogP contribution in [0.3, 0.4) is 0 Å². The molecule has 14 aromatic carbocycles. The summed E-state index contributed by atoms with van der Waals surface area (Å²) in [4.78, 5) is 0. The molecule has 14 aromatic rings. The van der Waals surface area contributed by atoms with Crippen molar-refractivity contribution < 1.29 is 0 Å². The van der Waals surface area contributed by atoms with Gasteiger partial charge in [0.25, 0.3) is 0 Å². The standard InChI is InChI=1S/C52H54B22.C51H51B19/c1-19-20(2)28(10)41-37(24(19)6)25(7)21(3)29(11)42(41)43-30(12)22(4)26(8)38-35(17)46-39(34(16)45(38)43)27(9)23(5)31(13)44(46)47-33(15)32(14)40-36(18)49(70(73(61)62)74(63)64)52(69(66-54)72(59)60)51(68(56)71(57)58)48(40)50(47)67(55)65-53;1-18-19(2)27(10)38-35(23(18)6)24(7)20(3)28(11)39(38)40-29(12)21(4)25(8)36-34(17)43-37(33(16)42(36)40)26(9)22(5)30(13)41(43)44-45-46(47(52)48(63-53)51(44)65(55)56)50(67(69(60)61)70(62)64-54)32(15)31(14)49(45)66(57)68(58)59/h1-18H3;1-17H3. The fourth-order valence-corrected chi connectivity index (χ4v) is 26.5. The van der Waals surface area contributed by atoms with Crippen LogP contribution in [0.25, 0.3) is 131 Å². The largest absolute Gasteiger partial charge is 0.113 e. The molecule has 0 nitrogen and oxygen atoms in total. The zero-order valence-electron chi connectivity index (χ0n) is 92.7. The van der Waals surface area contributed by atoms with Crippen LogP contribution in [0, 0.1) is 242 Å². The van der Waals surface area contributed by atoms with Crippen molar-refractivity contribution in [3.8, 4) is 44.5 Å². The molecule has 144 heavy (non-hydrogen) atoms. The molecule has 0 aromatic heterocycles. The minimum Gasteiger partial charge on any atom is -0.112 e. The first kappa shape index (κ1) is 115. The molecule has 0 unspecified atom stereocenters. The minimum absolute atomic E-state index is 0.326. The van der Waals surface area contributed by atoms with Gasteiger partial charge in [0.1, 0.15) is 7.85 Å². The molecular formula is C103H105B41. The van der Waals surface area contributed by atoms with Gasteiger partial charge in [0.15, 0.2) is 0 Å². The van der Waals surface area contributed by atoms with E-state index in [4.69, 9.17) is 178 Å². The van der Waals surface area contributed by atoms with Gasteiger partial charge >= 0.3 is 0 Å². The van der Waals surface area contributed by atoms with Crippen LogP contribution in [0.1, 0.15) is 195 Å². The number of fused-ring (bicyclic) bond motifs is 8. The van der Waals surface area contributed by atoms with Crippen molar-refractivity contribution in [2.45, 2.75) is 242 Å². The Labute approximate surface area is 905 Å². The van der Waals surface area contributed by atoms with Crippen molar-refractivity contribution >= 4 is 432 Å². The van der Waals surface area contributed by atoms with Gasteiger partial charge in [-0.1, -0.05) is 49.5 Å². The lowest BCUT2D eigenvalue weighted by atomic mass is 8.68. The normalized spacial score (nSPS) is 11.5. The van der Waals surface area contributed by atoms with E-state index in [0.717, 1.165) is 110 Å². The van der Waals surface area contributed by atoms with Gasteiger partial charge in [0, 0.05) is 236 Å². The van der Waals surface area contributed by atoms with E-state index in [2.05, 4.69) is 222 Å². The molecular weight excluding hydrogens is 1680 g/mol. The fourth-order valence-electron chi connectivity index (χ4n) is 26.5. The predicted octanol–water partition coefficient (Wildman–Crippen LogP) is 7.02. The van der Waals surface area contributed by atoms with E-state index in [1.165, 1.54) is 244 Å². The lowest BCUT2D eigenvalue weighted by Gasteiger charge is -2.39. The summed E-state index contributed by atoms with van der Waals surface area (Å²) in [6.07, 6.45) is -6.77. The average molecular weight is 1790 g/mol. The Morgan fingerprint density at radius 3 is 0.701 bits per heavy atom. The van der Waals surface area contributed by atoms with E-state index in [1.54, 1.807) is 0 Å². The first-order chi connectivity index (χ1) is 67.0. The molecule has 50 radical (unpaired) electrons. The topological polar surface area (TPSA) is 0 Å². The summed E-state index contributed by atoms with van der Waals surface area (Å²) in [5.41, 5.74) is 56.3. The highest BCUT2D eigenvalue weighted by molar-refractivity contribution is 7.88. The molecule has 0 aliphatic carbocycles. The maximum atomic E-state index is 7.47. The summed E-state index contributed by atoms with van der Waals surface area (Å²) in [5, 5.41) is 17.8. The van der Waals surface area contributed by atoms with Crippen LogP contribution < -0.4 is 49.2 Å². The van der Waals surface area contributed by atoms with Gasteiger partial charge in [-0.05, 0) is 551 Å². The predicted molar refractivity (Wildman–Crippen MR) is 693 cm³/mol. The van der Waals surface area contributed by atoms with Crippen molar-refractivity contribution in [1.82, 2.24) is 0 Å². The highest BCUT2D eigenvalue weighted by Gasteiger charge is 2.43. The first-order valence-corrected chi connectivity index (χ1v) is 50.8. The van der Waals surface area contributed by atoms with Crippen LogP contribution in [-0.2, 0) is 0 Å². The minimum atomic E-state index is -1.07. The molecule has 0 heterocycles. The molecule has 0 amide bonds. The number of hydrogen-bond donors (Lipinski definition) is 0. The van der Waals surface area contributed by atoms with Gasteiger partial charge in [-0.3, -0.25) is 0 Å². The van der Waals surface area contributed by atoms with Crippen molar-refractivity contribution in [2.75, 3.05) is 0 Å². The summed E-state index contributed by atoms with van der Waals surface area (Å²) in [6.45, 7) is 72.6. The molecule has 0 saturated carbocycles. The molecule has 0 saturated heterocycles. The molecule has 0 fully saturated rings. The number of benzene rings is 14. The van der Waals surface area contributed by atoms with Gasteiger partial charge in [-0.15, -0.1) is 16.4 Å². The first-order valence-electron chi connectivity index (χ1n) is 50.8. The van der Waals surface area contributed by atoms with E-state index in [1.807, 2.05) is 20.8 Å². The molecule has 14 rings (SSSR count). The quantitative estimate of drug-likeness (QED) is 0.0507. The van der Waals surface area contributed by atoms with Gasteiger partial charge in [-0.25, -0.2) is 0 Å². The number of aryl methyl sites for hydroxylation is 16. The zero-order valence-corrected chi connectivity index (χ0v) is 92.7. The van der Waals surface area contributed by atoms with Crippen molar-refractivity contribution in [3.63, 3.8) is 0 Å². The summed E-state index contributed by atoms with van der Waals surface area (Å²) in [5.74, 6) is 0. The van der Waals surface area contributed by atoms with Crippen LogP contribution in [0.2, 0.25) is 0 Å². The van der Waals surface area contributed by atoms with Gasteiger partial charge in [0.2, 0.25) is 0 Å². The second-order valence-corrected chi connectivity index (χ2v) is 43.1. The third kappa shape index (κ3) is 17.3. The molecule has 0 aliphatic heterocycles. The number of rotatable bonds is 22. The highest BCUT2D eigenvalue weighted by atomic mass is 14.4. The van der Waals surface area contributed by atoms with Crippen LogP contribution in [0.5, 0.6) is 0 Å².